The van der Waals surface area contributed by atoms with E-state index in [1.807, 2.05) is 0 Å². The van der Waals surface area contributed by atoms with E-state index in [1.54, 1.807) is 0 Å². The van der Waals surface area contributed by atoms with Gasteiger partial charge in [0.25, 0.3) is 0 Å². The van der Waals surface area contributed by atoms with Gasteiger partial charge >= 0.3 is 0 Å². The number of nitrogens with one attached hydrogen (secondary N) is 1. The van der Waals surface area contributed by atoms with Crippen molar-refractivity contribution in [2.24, 2.45) is 5.92 Å². The van der Waals surface area contributed by atoms with E-state index in [1.165, 1.54) is 49.9 Å². The van der Waals surface area contributed by atoms with Crippen LogP contribution in [0.2, 0.25) is 0 Å². The lowest BCUT2D eigenvalue weighted by molar-refractivity contribution is 0.190. The van der Waals surface area contributed by atoms with Crippen molar-refractivity contribution in [3.63, 3.8) is 0 Å². The van der Waals surface area contributed by atoms with Gasteiger partial charge in [0.1, 0.15) is 11.9 Å². The van der Waals surface area contributed by atoms with Crippen molar-refractivity contribution in [2.45, 2.75) is 45.1 Å². The summed E-state index contributed by atoms with van der Waals surface area (Å²) in [6.45, 7) is 4.53. The Balaban J connectivity index is 1.60. The second-order valence-electron chi connectivity index (χ2n) is 5.86. The van der Waals surface area contributed by atoms with Gasteiger partial charge in [-0.15, -0.1) is 0 Å². The third-order valence-corrected chi connectivity index (χ3v) is 4.20. The Kier molecular flexibility index (Phi) is 3.55. The molecule has 0 bridgehead atoms. The molecule has 2 nitrogen and oxygen atoms in total. The molecule has 1 saturated heterocycles. The van der Waals surface area contributed by atoms with Gasteiger partial charge in [-0.05, 0) is 56.8 Å². The zero-order chi connectivity index (χ0) is 12.4. The fourth-order valence-corrected chi connectivity index (χ4v) is 3.24. The second-order valence-corrected chi connectivity index (χ2v) is 5.86. The van der Waals surface area contributed by atoms with E-state index in [4.69, 9.17) is 4.74 Å². The van der Waals surface area contributed by atoms with Crippen molar-refractivity contribution in [2.75, 3.05) is 13.1 Å². The van der Waals surface area contributed by atoms with Gasteiger partial charge in [-0.1, -0.05) is 24.1 Å². The van der Waals surface area contributed by atoms with Crippen LogP contribution in [0.5, 0.6) is 5.75 Å². The van der Waals surface area contributed by atoms with Gasteiger partial charge in [-0.2, -0.15) is 0 Å². The van der Waals surface area contributed by atoms with Gasteiger partial charge in [-0.25, -0.2) is 0 Å². The molecule has 2 heteroatoms. The minimum atomic E-state index is 0.409. The second kappa shape index (κ2) is 5.31. The molecule has 2 unspecified atom stereocenters. The molecule has 2 aliphatic heterocycles. The van der Waals surface area contributed by atoms with Gasteiger partial charge in [0, 0.05) is 6.42 Å². The maximum absolute atomic E-state index is 6.08. The first kappa shape index (κ1) is 12.0. The molecule has 0 amide bonds. The molecule has 0 spiro atoms. The summed E-state index contributed by atoms with van der Waals surface area (Å²) in [5.74, 6) is 1.92. The standard InChI is InChI=1S/C16H23NO/c1-12-5-6-16-14(8-12)10-15(18-16)9-13-4-2-3-7-17-11-13/h5-6,8,13,15,17H,2-4,7,9-11H2,1H3. The fourth-order valence-electron chi connectivity index (χ4n) is 3.24. The van der Waals surface area contributed by atoms with Crippen LogP contribution in [-0.2, 0) is 6.42 Å². The van der Waals surface area contributed by atoms with E-state index < -0.39 is 0 Å². The van der Waals surface area contributed by atoms with Crippen molar-refractivity contribution in [3.8, 4) is 5.75 Å². The molecular weight excluding hydrogens is 222 g/mol. The minimum absolute atomic E-state index is 0.409. The van der Waals surface area contributed by atoms with Gasteiger partial charge in [0.2, 0.25) is 0 Å². The van der Waals surface area contributed by atoms with Gasteiger partial charge in [-0.3, -0.25) is 0 Å². The summed E-state index contributed by atoms with van der Waals surface area (Å²) in [6.07, 6.45) is 6.79. The predicted octanol–water partition coefficient (Wildman–Crippen LogP) is 3.08. The van der Waals surface area contributed by atoms with Gasteiger partial charge in [0.15, 0.2) is 0 Å². The van der Waals surface area contributed by atoms with E-state index in [0.717, 1.165) is 18.1 Å². The van der Waals surface area contributed by atoms with Crippen LogP contribution in [0.25, 0.3) is 0 Å². The average Bonchev–Trinajstić information content (AvgIpc) is 2.57. The first-order chi connectivity index (χ1) is 8.81. The van der Waals surface area contributed by atoms with Gasteiger partial charge in [0.05, 0.1) is 0 Å². The Hall–Kier alpha value is -1.02. The fraction of sp³-hybridized carbons (Fsp3) is 0.625. The van der Waals surface area contributed by atoms with Crippen molar-refractivity contribution in [1.29, 1.82) is 0 Å². The molecule has 3 rings (SSSR count). The SMILES string of the molecule is Cc1ccc2c(c1)CC(CC1CCCCNC1)O2. The van der Waals surface area contributed by atoms with E-state index in [2.05, 4.69) is 30.4 Å². The molecule has 0 saturated carbocycles. The first-order valence-corrected chi connectivity index (χ1v) is 7.28. The third kappa shape index (κ3) is 2.69. The van der Waals surface area contributed by atoms with Crippen molar-refractivity contribution < 1.29 is 4.74 Å². The zero-order valence-electron chi connectivity index (χ0n) is 11.2. The minimum Gasteiger partial charge on any atom is -0.490 e. The van der Waals surface area contributed by atoms with Crippen LogP contribution in [0.3, 0.4) is 0 Å². The van der Waals surface area contributed by atoms with Gasteiger partial charge < -0.3 is 10.1 Å². The summed E-state index contributed by atoms with van der Waals surface area (Å²) in [4.78, 5) is 0. The maximum Gasteiger partial charge on any atom is 0.123 e. The van der Waals surface area contributed by atoms with Crippen molar-refractivity contribution >= 4 is 0 Å². The number of fused-ring (bicyclic) bond motifs is 1. The number of hydrogen-bond donors (Lipinski definition) is 1. The molecule has 0 aliphatic carbocycles. The van der Waals surface area contributed by atoms with Crippen LogP contribution >= 0.6 is 0 Å². The molecule has 0 radical (unpaired) electrons. The number of benzene rings is 1. The summed E-state index contributed by atoms with van der Waals surface area (Å²) in [5, 5.41) is 3.55. The van der Waals surface area contributed by atoms with E-state index >= 15 is 0 Å². The van der Waals surface area contributed by atoms with Crippen LogP contribution in [0.1, 0.15) is 36.8 Å². The number of ether oxygens (including phenoxy) is 1. The molecule has 1 aromatic rings. The Labute approximate surface area is 110 Å². The van der Waals surface area contributed by atoms with Crippen LogP contribution in [-0.4, -0.2) is 19.2 Å². The van der Waals surface area contributed by atoms with E-state index in [9.17, 15) is 0 Å². The highest BCUT2D eigenvalue weighted by Gasteiger charge is 2.26. The molecule has 2 aliphatic rings. The molecule has 1 fully saturated rings. The lowest BCUT2D eigenvalue weighted by atomic mass is 9.94. The molecule has 98 valence electrons. The molecule has 2 atom stereocenters. The molecule has 2 heterocycles. The topological polar surface area (TPSA) is 21.3 Å². The van der Waals surface area contributed by atoms with Crippen LogP contribution < -0.4 is 10.1 Å². The average molecular weight is 245 g/mol. The number of rotatable bonds is 2. The lowest BCUT2D eigenvalue weighted by Crippen LogP contribution is -2.25. The summed E-state index contributed by atoms with van der Waals surface area (Å²) in [7, 11) is 0. The van der Waals surface area contributed by atoms with E-state index in [-0.39, 0.29) is 0 Å². The Morgan fingerprint density at radius 3 is 3.22 bits per heavy atom. The monoisotopic (exact) mass is 245 g/mol. The third-order valence-electron chi connectivity index (χ3n) is 4.20. The number of aryl methyl sites for hydroxylation is 1. The summed E-state index contributed by atoms with van der Waals surface area (Å²) in [6, 6.07) is 6.56. The zero-order valence-corrected chi connectivity index (χ0v) is 11.2. The summed E-state index contributed by atoms with van der Waals surface area (Å²) in [5.41, 5.74) is 2.75. The van der Waals surface area contributed by atoms with Crippen LogP contribution in [0.15, 0.2) is 18.2 Å². The smallest absolute Gasteiger partial charge is 0.123 e. The predicted molar refractivity (Wildman–Crippen MR) is 74.1 cm³/mol. The highest BCUT2D eigenvalue weighted by molar-refractivity contribution is 5.40. The van der Waals surface area contributed by atoms with E-state index in [0.29, 0.717) is 6.10 Å². The van der Waals surface area contributed by atoms with Crippen molar-refractivity contribution in [3.05, 3.63) is 29.3 Å². The first-order valence-electron chi connectivity index (χ1n) is 7.28. The molecule has 18 heavy (non-hydrogen) atoms. The summed E-state index contributed by atoms with van der Waals surface area (Å²) >= 11 is 0. The molecule has 0 aromatic heterocycles. The number of hydrogen-bond acceptors (Lipinski definition) is 2. The Morgan fingerprint density at radius 1 is 1.33 bits per heavy atom. The Bertz CT molecular complexity index is 408. The normalized spacial score (nSPS) is 27.4. The van der Waals surface area contributed by atoms with Crippen LogP contribution in [0.4, 0.5) is 0 Å². The maximum atomic E-state index is 6.08. The Morgan fingerprint density at radius 2 is 2.28 bits per heavy atom. The largest absolute Gasteiger partial charge is 0.490 e. The quantitative estimate of drug-likeness (QED) is 0.864. The van der Waals surface area contributed by atoms with Crippen LogP contribution in [0, 0.1) is 12.8 Å². The molecule has 1 N–H and O–H groups in total. The lowest BCUT2D eigenvalue weighted by Gasteiger charge is -2.18. The van der Waals surface area contributed by atoms with Crippen molar-refractivity contribution in [1.82, 2.24) is 5.32 Å². The molecular formula is C16H23NO. The summed E-state index contributed by atoms with van der Waals surface area (Å²) < 4.78 is 6.08. The molecule has 1 aromatic carbocycles. The highest BCUT2D eigenvalue weighted by Crippen LogP contribution is 2.32. The highest BCUT2D eigenvalue weighted by atomic mass is 16.5.